The number of hydrogen-bond acceptors (Lipinski definition) is 2. The third-order valence-corrected chi connectivity index (χ3v) is 4.32. The number of amides is 1. The third kappa shape index (κ3) is 6.10. The summed E-state index contributed by atoms with van der Waals surface area (Å²) < 4.78 is 41.3. The van der Waals surface area contributed by atoms with Crippen LogP contribution in [0.3, 0.4) is 0 Å². The predicted octanol–water partition coefficient (Wildman–Crippen LogP) is 5.08. The maximum Gasteiger partial charge on any atom is 0.422 e. The lowest BCUT2D eigenvalue weighted by Crippen LogP contribution is -2.29. The maximum absolute atomic E-state index is 12.9. The van der Waals surface area contributed by atoms with Gasteiger partial charge in [-0.3, -0.25) is 4.79 Å². The van der Waals surface area contributed by atoms with Crippen LogP contribution < -0.4 is 10.1 Å². The van der Waals surface area contributed by atoms with Crippen molar-refractivity contribution in [3.63, 3.8) is 0 Å². The van der Waals surface area contributed by atoms with E-state index in [-0.39, 0.29) is 18.2 Å². The lowest BCUT2D eigenvalue weighted by Gasteiger charge is -2.18. The second-order valence-corrected chi connectivity index (χ2v) is 6.52. The normalized spacial score (nSPS) is 11.3. The van der Waals surface area contributed by atoms with E-state index >= 15 is 0 Å². The Balaban J connectivity index is 1.66. The van der Waals surface area contributed by atoms with Crippen molar-refractivity contribution in [2.45, 2.75) is 18.6 Å². The number of ether oxygens (including phenoxy) is 1. The minimum absolute atomic E-state index is 0.129. The van der Waals surface area contributed by atoms with Gasteiger partial charge >= 0.3 is 6.18 Å². The molecule has 150 valence electrons. The maximum atomic E-state index is 12.9. The van der Waals surface area contributed by atoms with Gasteiger partial charge in [-0.2, -0.15) is 13.2 Å². The van der Waals surface area contributed by atoms with Crippen LogP contribution in [0.5, 0.6) is 5.75 Å². The Morgan fingerprint density at radius 1 is 0.828 bits per heavy atom. The van der Waals surface area contributed by atoms with E-state index < -0.39 is 18.7 Å². The van der Waals surface area contributed by atoms with Crippen LogP contribution in [0.25, 0.3) is 0 Å². The number of hydrogen-bond donors (Lipinski definition) is 1. The van der Waals surface area contributed by atoms with E-state index in [2.05, 4.69) is 5.32 Å². The van der Waals surface area contributed by atoms with Crippen LogP contribution in [-0.2, 0) is 11.3 Å². The van der Waals surface area contributed by atoms with Crippen LogP contribution in [0.4, 0.5) is 13.2 Å². The van der Waals surface area contributed by atoms with Gasteiger partial charge in [-0.05, 0) is 28.8 Å². The minimum Gasteiger partial charge on any atom is -0.484 e. The van der Waals surface area contributed by atoms with E-state index in [9.17, 15) is 18.0 Å². The van der Waals surface area contributed by atoms with Crippen molar-refractivity contribution in [2.24, 2.45) is 0 Å². The fourth-order valence-corrected chi connectivity index (χ4v) is 2.95. The molecule has 3 aromatic carbocycles. The fraction of sp³-hybridized carbons (Fsp3) is 0.174. The summed E-state index contributed by atoms with van der Waals surface area (Å²) in [5.74, 6) is -0.476. The monoisotopic (exact) mass is 399 g/mol. The van der Waals surface area contributed by atoms with E-state index in [4.69, 9.17) is 4.74 Å². The Morgan fingerprint density at radius 3 is 1.83 bits per heavy atom. The van der Waals surface area contributed by atoms with E-state index in [0.717, 1.165) is 16.7 Å². The number of alkyl halides is 3. The van der Waals surface area contributed by atoms with Gasteiger partial charge in [0.05, 0.1) is 5.92 Å². The molecule has 0 radical (unpaired) electrons. The molecule has 0 fully saturated rings. The molecule has 0 aliphatic rings. The van der Waals surface area contributed by atoms with Crippen molar-refractivity contribution in [3.8, 4) is 5.75 Å². The molecule has 0 bridgehead atoms. The molecule has 0 unspecified atom stereocenters. The summed E-state index contributed by atoms with van der Waals surface area (Å²) in [5, 5.41) is 2.91. The zero-order chi connectivity index (χ0) is 20.7. The van der Waals surface area contributed by atoms with Gasteiger partial charge in [-0.15, -0.1) is 0 Å². The van der Waals surface area contributed by atoms with Gasteiger partial charge < -0.3 is 10.1 Å². The van der Waals surface area contributed by atoms with Crippen molar-refractivity contribution in [1.29, 1.82) is 0 Å². The zero-order valence-corrected chi connectivity index (χ0v) is 15.5. The number of nitrogens with one attached hydrogen (secondary N) is 1. The Morgan fingerprint density at radius 2 is 1.34 bits per heavy atom. The second kappa shape index (κ2) is 9.28. The van der Waals surface area contributed by atoms with Crippen LogP contribution in [0, 0.1) is 0 Å². The van der Waals surface area contributed by atoms with Crippen molar-refractivity contribution in [3.05, 3.63) is 102 Å². The highest BCUT2D eigenvalue weighted by molar-refractivity contribution is 5.87. The summed E-state index contributed by atoms with van der Waals surface area (Å²) in [7, 11) is 0. The van der Waals surface area contributed by atoms with Crippen molar-refractivity contribution < 1.29 is 22.7 Å². The Labute approximate surface area is 167 Å². The minimum atomic E-state index is -4.38. The van der Waals surface area contributed by atoms with Crippen LogP contribution >= 0.6 is 0 Å². The van der Waals surface area contributed by atoms with E-state index in [1.54, 1.807) is 12.1 Å². The average Bonchev–Trinajstić information content (AvgIpc) is 2.73. The first-order valence-electron chi connectivity index (χ1n) is 9.08. The fourth-order valence-electron chi connectivity index (χ4n) is 2.95. The van der Waals surface area contributed by atoms with Crippen molar-refractivity contribution in [2.75, 3.05) is 6.61 Å². The molecule has 0 aromatic heterocycles. The number of carbonyl (C=O) groups excluding carboxylic acids is 1. The molecule has 0 heterocycles. The van der Waals surface area contributed by atoms with Crippen LogP contribution in [0.15, 0.2) is 84.9 Å². The van der Waals surface area contributed by atoms with Gasteiger partial charge in [-0.25, -0.2) is 0 Å². The number of halogens is 3. The first kappa shape index (κ1) is 20.5. The molecule has 0 atom stereocenters. The van der Waals surface area contributed by atoms with Gasteiger partial charge in [0.1, 0.15) is 5.75 Å². The Bertz CT molecular complexity index is 871. The summed E-state index contributed by atoms with van der Waals surface area (Å²) in [6.45, 7) is -1.08. The first-order valence-corrected chi connectivity index (χ1v) is 9.08. The smallest absolute Gasteiger partial charge is 0.422 e. The lowest BCUT2D eigenvalue weighted by atomic mass is 9.90. The SMILES string of the molecule is O=C(NCc1ccc(OCC(F)(F)F)cc1)C(c1ccccc1)c1ccccc1. The molecule has 0 saturated heterocycles. The molecule has 1 amide bonds. The second-order valence-electron chi connectivity index (χ2n) is 6.52. The molecule has 3 aromatic rings. The highest BCUT2D eigenvalue weighted by atomic mass is 19.4. The molecule has 29 heavy (non-hydrogen) atoms. The third-order valence-electron chi connectivity index (χ3n) is 4.32. The molecule has 1 N–H and O–H groups in total. The summed E-state index contributed by atoms with van der Waals surface area (Å²) in [6.07, 6.45) is -4.38. The average molecular weight is 399 g/mol. The molecule has 6 heteroatoms. The van der Waals surface area contributed by atoms with Crippen molar-refractivity contribution >= 4 is 5.91 Å². The van der Waals surface area contributed by atoms with E-state index in [0.29, 0.717) is 0 Å². The summed E-state index contributed by atoms with van der Waals surface area (Å²) in [5.41, 5.74) is 2.52. The Kier molecular flexibility index (Phi) is 6.54. The lowest BCUT2D eigenvalue weighted by molar-refractivity contribution is -0.153. The molecule has 0 aliphatic heterocycles. The Hall–Kier alpha value is -3.28. The quantitative estimate of drug-likeness (QED) is 0.602. The highest BCUT2D eigenvalue weighted by Gasteiger charge is 2.28. The number of carbonyl (C=O) groups is 1. The molecular weight excluding hydrogens is 379 g/mol. The molecule has 3 nitrogen and oxygen atoms in total. The summed E-state index contributed by atoms with van der Waals surface area (Å²) >= 11 is 0. The first-order chi connectivity index (χ1) is 13.9. The number of benzene rings is 3. The van der Waals surface area contributed by atoms with E-state index in [1.165, 1.54) is 12.1 Å². The van der Waals surface area contributed by atoms with Crippen LogP contribution in [-0.4, -0.2) is 18.7 Å². The van der Waals surface area contributed by atoms with Gasteiger partial charge in [0.2, 0.25) is 5.91 Å². The van der Waals surface area contributed by atoms with Crippen molar-refractivity contribution in [1.82, 2.24) is 5.32 Å². The molecular formula is C23H20F3NO2. The molecule has 0 spiro atoms. The summed E-state index contributed by atoms with van der Waals surface area (Å²) in [4.78, 5) is 12.9. The standard InChI is InChI=1S/C23H20F3NO2/c24-23(25,26)16-29-20-13-11-17(12-14-20)15-27-22(28)21(18-7-3-1-4-8-18)19-9-5-2-6-10-19/h1-14,21H,15-16H2,(H,27,28). The zero-order valence-electron chi connectivity index (χ0n) is 15.5. The van der Waals surface area contributed by atoms with Gasteiger partial charge in [0, 0.05) is 6.54 Å². The van der Waals surface area contributed by atoms with Gasteiger partial charge in [0.15, 0.2) is 6.61 Å². The predicted molar refractivity (Wildman–Crippen MR) is 105 cm³/mol. The number of rotatable bonds is 7. The van der Waals surface area contributed by atoms with Crippen LogP contribution in [0.1, 0.15) is 22.6 Å². The molecule has 0 aliphatic carbocycles. The highest BCUT2D eigenvalue weighted by Crippen LogP contribution is 2.25. The molecule has 0 saturated carbocycles. The van der Waals surface area contributed by atoms with Gasteiger partial charge in [-0.1, -0.05) is 72.8 Å². The molecule has 3 rings (SSSR count). The topological polar surface area (TPSA) is 38.3 Å². The summed E-state index contributed by atoms with van der Waals surface area (Å²) in [6, 6.07) is 25.1. The van der Waals surface area contributed by atoms with Crippen LogP contribution in [0.2, 0.25) is 0 Å². The van der Waals surface area contributed by atoms with E-state index in [1.807, 2.05) is 60.7 Å². The largest absolute Gasteiger partial charge is 0.484 e. The van der Waals surface area contributed by atoms with Gasteiger partial charge in [0.25, 0.3) is 0 Å².